The van der Waals surface area contributed by atoms with Gasteiger partial charge in [0.25, 0.3) is 0 Å². The van der Waals surface area contributed by atoms with Crippen molar-refractivity contribution in [1.82, 2.24) is 4.98 Å². The number of hydrogen-bond acceptors (Lipinski definition) is 2. The molecule has 0 saturated carbocycles. The molecule has 0 aliphatic heterocycles. The van der Waals surface area contributed by atoms with E-state index < -0.39 is 11.7 Å². The van der Waals surface area contributed by atoms with Crippen molar-refractivity contribution in [1.29, 1.82) is 0 Å². The number of aromatic nitrogens is 1. The monoisotopic (exact) mass is 321 g/mol. The van der Waals surface area contributed by atoms with E-state index in [0.717, 1.165) is 27.6 Å². The van der Waals surface area contributed by atoms with Gasteiger partial charge >= 0.3 is 6.18 Å². The Labute approximate surface area is 108 Å². The number of alkyl halides is 4. The Bertz CT molecular complexity index is 504. The van der Waals surface area contributed by atoms with Crippen LogP contribution in [0, 0.1) is 0 Å². The summed E-state index contributed by atoms with van der Waals surface area (Å²) >= 11 is 4.74. The van der Waals surface area contributed by atoms with E-state index in [1.807, 2.05) is 0 Å². The molecule has 17 heavy (non-hydrogen) atoms. The number of rotatable bonds is 2. The Balaban J connectivity index is 2.29. The largest absolute Gasteiger partial charge is 0.416 e. The summed E-state index contributed by atoms with van der Waals surface area (Å²) in [5, 5.41) is 1.55. The molecular weight excluding hydrogens is 315 g/mol. The molecule has 1 heterocycles. The Morgan fingerprint density at radius 2 is 1.82 bits per heavy atom. The molecule has 2 aromatic rings. The lowest BCUT2D eigenvalue weighted by molar-refractivity contribution is -0.137. The Kier molecular flexibility index (Phi) is 3.53. The Morgan fingerprint density at radius 3 is 2.29 bits per heavy atom. The van der Waals surface area contributed by atoms with Gasteiger partial charge in [0.15, 0.2) is 0 Å². The number of hydrogen-bond donors (Lipinski definition) is 0. The van der Waals surface area contributed by atoms with Crippen LogP contribution < -0.4 is 0 Å². The lowest BCUT2D eigenvalue weighted by Crippen LogP contribution is -2.03. The molecule has 2 rings (SSSR count). The molecule has 0 N–H and O–H groups in total. The van der Waals surface area contributed by atoms with Gasteiger partial charge in [0.2, 0.25) is 0 Å². The van der Waals surface area contributed by atoms with Crippen molar-refractivity contribution in [3.05, 3.63) is 41.0 Å². The summed E-state index contributed by atoms with van der Waals surface area (Å²) < 4.78 is 37.1. The third-order valence-electron chi connectivity index (χ3n) is 2.16. The highest BCUT2D eigenvalue weighted by Gasteiger charge is 2.29. The first-order chi connectivity index (χ1) is 8.00. The average molecular weight is 322 g/mol. The summed E-state index contributed by atoms with van der Waals surface area (Å²) in [6.45, 7) is 0. The van der Waals surface area contributed by atoms with Crippen LogP contribution in [0.2, 0.25) is 0 Å². The molecular formula is C11H7BrF3NS. The quantitative estimate of drug-likeness (QED) is 0.729. The van der Waals surface area contributed by atoms with Gasteiger partial charge in [-0.15, -0.1) is 11.3 Å². The van der Waals surface area contributed by atoms with Gasteiger partial charge in [0.05, 0.1) is 15.8 Å². The summed E-state index contributed by atoms with van der Waals surface area (Å²) in [5.74, 6) is 0. The second-order valence-electron chi connectivity index (χ2n) is 3.33. The van der Waals surface area contributed by atoms with Crippen LogP contribution in [0.3, 0.4) is 0 Å². The van der Waals surface area contributed by atoms with Crippen LogP contribution in [0.1, 0.15) is 10.6 Å². The van der Waals surface area contributed by atoms with E-state index in [1.165, 1.54) is 23.5 Å². The number of nitrogens with zero attached hydrogens (tertiary/aromatic N) is 1. The fourth-order valence-corrected chi connectivity index (χ4v) is 2.59. The predicted molar refractivity (Wildman–Crippen MR) is 65.2 cm³/mol. The van der Waals surface area contributed by atoms with Crippen molar-refractivity contribution < 1.29 is 13.2 Å². The lowest BCUT2D eigenvalue weighted by atomic mass is 10.1. The normalized spacial score (nSPS) is 11.8. The summed E-state index contributed by atoms with van der Waals surface area (Å²) in [6, 6.07) is 5.11. The minimum atomic E-state index is -4.28. The first-order valence-corrected chi connectivity index (χ1v) is 6.63. The van der Waals surface area contributed by atoms with Gasteiger partial charge in [-0.05, 0) is 17.7 Å². The summed E-state index contributed by atoms with van der Waals surface area (Å²) in [7, 11) is 0. The molecule has 0 aliphatic carbocycles. The molecule has 1 aromatic heterocycles. The van der Waals surface area contributed by atoms with Gasteiger partial charge in [-0.2, -0.15) is 13.2 Å². The minimum absolute atomic E-state index is 0.633. The van der Waals surface area contributed by atoms with Gasteiger partial charge < -0.3 is 0 Å². The van der Waals surface area contributed by atoms with Gasteiger partial charge in [-0.3, -0.25) is 0 Å². The highest BCUT2D eigenvalue weighted by molar-refractivity contribution is 9.08. The molecule has 0 radical (unpaired) electrons. The van der Waals surface area contributed by atoms with E-state index in [-0.39, 0.29) is 0 Å². The van der Waals surface area contributed by atoms with Gasteiger partial charge in [-0.1, -0.05) is 28.1 Å². The molecule has 1 aromatic carbocycles. The zero-order valence-corrected chi connectivity index (χ0v) is 10.9. The third kappa shape index (κ3) is 2.87. The molecule has 90 valence electrons. The molecule has 0 spiro atoms. The fourth-order valence-electron chi connectivity index (χ4n) is 1.33. The SMILES string of the molecule is FC(F)(F)c1ccc(-c2cnc(CBr)s2)cc1. The standard InChI is InChI=1S/C11H7BrF3NS/c12-5-10-16-6-9(17-10)7-1-3-8(4-2-7)11(13,14)15/h1-4,6H,5H2. The molecule has 0 amide bonds. The van der Waals surface area contributed by atoms with Crippen LogP contribution in [-0.4, -0.2) is 4.98 Å². The predicted octanol–water partition coefficient (Wildman–Crippen LogP) is 4.72. The van der Waals surface area contributed by atoms with Gasteiger partial charge in [-0.25, -0.2) is 4.98 Å². The second-order valence-corrected chi connectivity index (χ2v) is 5.00. The maximum Gasteiger partial charge on any atom is 0.416 e. The average Bonchev–Trinajstić information content (AvgIpc) is 2.76. The first-order valence-electron chi connectivity index (χ1n) is 4.69. The second kappa shape index (κ2) is 4.78. The van der Waals surface area contributed by atoms with E-state index in [2.05, 4.69) is 20.9 Å². The molecule has 6 heteroatoms. The van der Waals surface area contributed by atoms with E-state index in [1.54, 1.807) is 6.20 Å². The molecule has 0 fully saturated rings. The zero-order chi connectivity index (χ0) is 12.5. The van der Waals surface area contributed by atoms with Gasteiger partial charge in [0.1, 0.15) is 5.01 Å². The minimum Gasteiger partial charge on any atom is -0.248 e. The van der Waals surface area contributed by atoms with Crippen molar-refractivity contribution in [2.45, 2.75) is 11.5 Å². The van der Waals surface area contributed by atoms with Crippen LogP contribution in [0.15, 0.2) is 30.5 Å². The van der Waals surface area contributed by atoms with Crippen molar-refractivity contribution in [3.63, 3.8) is 0 Å². The summed E-state index contributed by atoms with van der Waals surface area (Å²) in [5.41, 5.74) is 0.120. The van der Waals surface area contributed by atoms with Crippen LogP contribution in [0.4, 0.5) is 13.2 Å². The zero-order valence-electron chi connectivity index (χ0n) is 8.46. The Morgan fingerprint density at radius 1 is 1.18 bits per heavy atom. The van der Waals surface area contributed by atoms with E-state index in [4.69, 9.17) is 0 Å². The number of halogens is 4. The summed E-state index contributed by atoms with van der Waals surface area (Å²) in [4.78, 5) is 5.00. The molecule has 0 aliphatic rings. The first kappa shape index (κ1) is 12.6. The number of thiazole rings is 1. The van der Waals surface area contributed by atoms with Crippen molar-refractivity contribution in [2.24, 2.45) is 0 Å². The van der Waals surface area contributed by atoms with Crippen LogP contribution in [0.5, 0.6) is 0 Å². The van der Waals surface area contributed by atoms with Crippen molar-refractivity contribution in [3.8, 4) is 10.4 Å². The maximum absolute atomic E-state index is 12.4. The van der Waals surface area contributed by atoms with E-state index >= 15 is 0 Å². The highest BCUT2D eigenvalue weighted by atomic mass is 79.9. The third-order valence-corrected chi connectivity index (χ3v) is 4.11. The van der Waals surface area contributed by atoms with Crippen LogP contribution in [0.25, 0.3) is 10.4 Å². The topological polar surface area (TPSA) is 12.9 Å². The summed E-state index contributed by atoms with van der Waals surface area (Å²) in [6.07, 6.45) is -2.61. The van der Waals surface area contributed by atoms with Crippen LogP contribution >= 0.6 is 27.3 Å². The Hall–Kier alpha value is -0.880. The van der Waals surface area contributed by atoms with Gasteiger partial charge in [0, 0.05) is 6.20 Å². The fraction of sp³-hybridized carbons (Fsp3) is 0.182. The maximum atomic E-state index is 12.4. The molecule has 0 unspecified atom stereocenters. The van der Waals surface area contributed by atoms with Crippen molar-refractivity contribution >= 4 is 27.3 Å². The smallest absolute Gasteiger partial charge is 0.248 e. The molecule has 0 atom stereocenters. The lowest BCUT2D eigenvalue weighted by Gasteiger charge is -2.06. The van der Waals surface area contributed by atoms with Crippen molar-refractivity contribution in [2.75, 3.05) is 0 Å². The van der Waals surface area contributed by atoms with Crippen LogP contribution in [-0.2, 0) is 11.5 Å². The number of benzene rings is 1. The molecule has 0 saturated heterocycles. The molecule has 1 nitrogen and oxygen atoms in total. The van der Waals surface area contributed by atoms with E-state index in [0.29, 0.717) is 5.33 Å². The highest BCUT2D eigenvalue weighted by Crippen LogP contribution is 2.32. The van der Waals surface area contributed by atoms with E-state index in [9.17, 15) is 13.2 Å². The molecule has 0 bridgehead atoms.